The smallest absolute Gasteiger partial charge is 0.227 e. The van der Waals surface area contributed by atoms with Gasteiger partial charge in [0, 0.05) is 41.1 Å². The first kappa shape index (κ1) is 19.5. The number of hydrogen-bond donors (Lipinski definition) is 1. The van der Waals surface area contributed by atoms with Crippen LogP contribution in [0.1, 0.15) is 18.2 Å². The molecule has 5 nitrogen and oxygen atoms in total. The number of nitrogens with one attached hydrogen (secondary N) is 1. The molecule has 0 unspecified atom stereocenters. The number of aryl methyl sites for hydroxylation is 2. The average Bonchev–Trinajstić information content (AvgIpc) is 2.77. The second kappa shape index (κ2) is 8.69. The maximum absolute atomic E-state index is 14.0. The van der Waals surface area contributed by atoms with Crippen LogP contribution >= 0.6 is 0 Å². The Balaban J connectivity index is 1.56. The van der Waals surface area contributed by atoms with E-state index >= 15 is 0 Å². The third-order valence-corrected chi connectivity index (χ3v) is 4.60. The number of rotatable bonds is 6. The summed E-state index contributed by atoms with van der Waals surface area (Å²) >= 11 is 0. The molecule has 3 aromatic heterocycles. The molecule has 0 saturated heterocycles. The Morgan fingerprint density at radius 1 is 0.933 bits per heavy atom. The van der Waals surface area contributed by atoms with Gasteiger partial charge in [0.1, 0.15) is 5.75 Å². The molecule has 4 rings (SSSR count). The second-order valence-electron chi connectivity index (χ2n) is 6.80. The minimum Gasteiger partial charge on any atom is -0.438 e. The average molecular weight is 400 g/mol. The minimum absolute atomic E-state index is 0.185. The molecule has 4 aromatic rings. The number of pyridine rings is 3. The number of benzene rings is 1. The van der Waals surface area contributed by atoms with Gasteiger partial charge in [-0.3, -0.25) is 4.98 Å². The van der Waals surface area contributed by atoms with Crippen molar-refractivity contribution in [1.82, 2.24) is 15.0 Å². The molecule has 0 fully saturated rings. The first-order chi connectivity index (χ1) is 14.6. The number of hydrogen-bond acceptors (Lipinski definition) is 5. The topological polar surface area (TPSA) is 59.9 Å². The lowest BCUT2D eigenvalue weighted by atomic mass is 10.0. The van der Waals surface area contributed by atoms with Gasteiger partial charge in [-0.15, -0.1) is 0 Å². The zero-order valence-corrected chi connectivity index (χ0v) is 16.8. The monoisotopic (exact) mass is 400 g/mol. The van der Waals surface area contributed by atoms with E-state index in [4.69, 9.17) is 4.74 Å². The van der Waals surface area contributed by atoms with Gasteiger partial charge in [-0.05, 0) is 67.4 Å². The maximum atomic E-state index is 14.0. The molecule has 0 saturated carbocycles. The molecular weight excluding hydrogens is 379 g/mol. The molecule has 1 aromatic carbocycles. The van der Waals surface area contributed by atoms with Gasteiger partial charge in [0.15, 0.2) is 11.6 Å². The van der Waals surface area contributed by atoms with E-state index in [-0.39, 0.29) is 5.82 Å². The van der Waals surface area contributed by atoms with Crippen molar-refractivity contribution in [2.75, 3.05) is 5.32 Å². The highest BCUT2D eigenvalue weighted by Gasteiger charge is 2.12. The number of aromatic nitrogens is 3. The molecule has 0 bridgehead atoms. The number of halogens is 1. The molecular formula is C24H21FN4O. The van der Waals surface area contributed by atoms with E-state index < -0.39 is 5.82 Å². The fourth-order valence-electron chi connectivity index (χ4n) is 3.12. The van der Waals surface area contributed by atoms with Gasteiger partial charge < -0.3 is 10.1 Å². The number of anilines is 2. The van der Waals surface area contributed by atoms with Crippen LogP contribution in [-0.4, -0.2) is 15.0 Å². The molecule has 3 heterocycles. The lowest BCUT2D eigenvalue weighted by Crippen LogP contribution is -1.98. The van der Waals surface area contributed by atoms with Crippen LogP contribution in [0, 0.1) is 12.7 Å². The first-order valence-electron chi connectivity index (χ1n) is 9.70. The van der Waals surface area contributed by atoms with E-state index in [0.29, 0.717) is 17.3 Å². The van der Waals surface area contributed by atoms with Crippen molar-refractivity contribution in [2.45, 2.75) is 20.3 Å². The molecule has 0 aliphatic heterocycles. The van der Waals surface area contributed by atoms with E-state index in [2.05, 4.69) is 27.2 Å². The summed E-state index contributed by atoms with van der Waals surface area (Å²) in [5.74, 6) is 0.925. The molecule has 0 spiro atoms. The predicted molar refractivity (Wildman–Crippen MR) is 116 cm³/mol. The molecule has 1 N–H and O–H groups in total. The summed E-state index contributed by atoms with van der Waals surface area (Å²) in [7, 11) is 0. The van der Waals surface area contributed by atoms with E-state index in [1.54, 1.807) is 49.8 Å². The zero-order valence-electron chi connectivity index (χ0n) is 16.8. The number of ether oxygens (including phenoxy) is 1. The van der Waals surface area contributed by atoms with Crippen LogP contribution in [0.25, 0.3) is 11.1 Å². The molecule has 0 amide bonds. The lowest BCUT2D eigenvalue weighted by Gasteiger charge is -2.13. The summed E-state index contributed by atoms with van der Waals surface area (Å²) in [5, 5.41) is 2.98. The van der Waals surface area contributed by atoms with Crippen molar-refractivity contribution in [2.24, 2.45) is 0 Å². The molecule has 150 valence electrons. The summed E-state index contributed by atoms with van der Waals surface area (Å²) in [6, 6.07) is 16.4. The van der Waals surface area contributed by atoms with Crippen LogP contribution in [0.2, 0.25) is 0 Å². The third kappa shape index (κ3) is 4.27. The minimum atomic E-state index is -0.392. The largest absolute Gasteiger partial charge is 0.438 e. The van der Waals surface area contributed by atoms with Gasteiger partial charge in [0.2, 0.25) is 5.88 Å². The van der Waals surface area contributed by atoms with Gasteiger partial charge in [-0.2, -0.15) is 0 Å². The predicted octanol–water partition coefficient (Wildman–Crippen LogP) is 6.08. The van der Waals surface area contributed by atoms with Crippen molar-refractivity contribution in [3.8, 4) is 22.8 Å². The Hall–Kier alpha value is -3.80. The van der Waals surface area contributed by atoms with Gasteiger partial charge in [-0.1, -0.05) is 13.0 Å². The van der Waals surface area contributed by atoms with Crippen LogP contribution in [0.15, 0.2) is 73.2 Å². The lowest BCUT2D eigenvalue weighted by molar-refractivity contribution is 0.465. The zero-order chi connectivity index (χ0) is 20.9. The Morgan fingerprint density at radius 3 is 2.40 bits per heavy atom. The van der Waals surface area contributed by atoms with Crippen LogP contribution < -0.4 is 10.1 Å². The highest BCUT2D eigenvalue weighted by atomic mass is 19.1. The Labute approximate surface area is 174 Å². The number of nitrogens with zero attached hydrogens (tertiary/aromatic N) is 3. The van der Waals surface area contributed by atoms with Crippen molar-refractivity contribution in [1.29, 1.82) is 0 Å². The second-order valence-corrected chi connectivity index (χ2v) is 6.80. The van der Waals surface area contributed by atoms with Crippen LogP contribution in [0.4, 0.5) is 15.9 Å². The highest BCUT2D eigenvalue weighted by molar-refractivity contribution is 5.71. The van der Waals surface area contributed by atoms with Gasteiger partial charge >= 0.3 is 0 Å². The van der Waals surface area contributed by atoms with Crippen molar-refractivity contribution < 1.29 is 9.13 Å². The third-order valence-electron chi connectivity index (χ3n) is 4.60. The van der Waals surface area contributed by atoms with Crippen molar-refractivity contribution in [3.63, 3.8) is 0 Å². The van der Waals surface area contributed by atoms with Gasteiger partial charge in [0.05, 0.1) is 0 Å². The van der Waals surface area contributed by atoms with Gasteiger partial charge in [0.25, 0.3) is 0 Å². The Morgan fingerprint density at radius 2 is 1.67 bits per heavy atom. The Kier molecular flexibility index (Phi) is 5.66. The van der Waals surface area contributed by atoms with Crippen LogP contribution in [0.5, 0.6) is 11.6 Å². The first-order valence-corrected chi connectivity index (χ1v) is 9.70. The van der Waals surface area contributed by atoms with E-state index in [9.17, 15) is 4.39 Å². The summed E-state index contributed by atoms with van der Waals surface area (Å²) in [6.07, 6.45) is 5.92. The molecule has 0 aliphatic carbocycles. The quantitative estimate of drug-likeness (QED) is 0.425. The normalized spacial score (nSPS) is 10.6. The molecule has 0 radical (unpaired) electrons. The van der Waals surface area contributed by atoms with Gasteiger partial charge in [-0.25, -0.2) is 14.4 Å². The maximum Gasteiger partial charge on any atom is 0.227 e. The van der Waals surface area contributed by atoms with E-state index in [1.165, 1.54) is 6.07 Å². The molecule has 30 heavy (non-hydrogen) atoms. The summed E-state index contributed by atoms with van der Waals surface area (Å²) in [5.41, 5.74) is 4.35. The van der Waals surface area contributed by atoms with Crippen molar-refractivity contribution in [3.05, 3.63) is 90.3 Å². The summed E-state index contributed by atoms with van der Waals surface area (Å²) in [4.78, 5) is 13.0. The van der Waals surface area contributed by atoms with E-state index in [0.717, 1.165) is 28.8 Å². The molecule has 0 atom stereocenters. The SMILES string of the molecule is CCc1ncccc1-c1cccnc1Oc1ccc(Nc2ncc(C)cc2F)cc1. The fourth-order valence-corrected chi connectivity index (χ4v) is 3.12. The molecule has 6 heteroatoms. The van der Waals surface area contributed by atoms with Crippen molar-refractivity contribution >= 4 is 11.5 Å². The summed E-state index contributed by atoms with van der Waals surface area (Å²) < 4.78 is 20.1. The Bertz CT molecular complexity index is 1160. The highest BCUT2D eigenvalue weighted by Crippen LogP contribution is 2.33. The fraction of sp³-hybridized carbons (Fsp3) is 0.125. The van der Waals surface area contributed by atoms with E-state index in [1.807, 2.05) is 24.3 Å². The standard InChI is InChI=1S/C24H21FN4O/c1-3-22-19(6-4-12-26-22)20-7-5-13-27-24(20)30-18-10-8-17(9-11-18)29-23-21(25)14-16(2)15-28-23/h4-15H,3H2,1-2H3,(H,28,29). The molecule has 0 aliphatic rings. The van der Waals surface area contributed by atoms with Crippen LogP contribution in [-0.2, 0) is 6.42 Å². The summed E-state index contributed by atoms with van der Waals surface area (Å²) in [6.45, 7) is 3.87. The van der Waals surface area contributed by atoms with Crippen LogP contribution in [0.3, 0.4) is 0 Å².